The minimum atomic E-state index is -0.187. The van der Waals surface area contributed by atoms with Gasteiger partial charge in [0.25, 0.3) is 5.91 Å². The van der Waals surface area contributed by atoms with E-state index < -0.39 is 0 Å². The zero-order valence-corrected chi connectivity index (χ0v) is 13.4. The zero-order valence-electron chi connectivity index (χ0n) is 12.6. The highest BCUT2D eigenvalue weighted by Gasteiger charge is 2.11. The van der Waals surface area contributed by atoms with Crippen molar-refractivity contribution >= 4 is 34.9 Å². The van der Waals surface area contributed by atoms with Gasteiger partial charge in [-0.1, -0.05) is 23.9 Å². The van der Waals surface area contributed by atoms with Gasteiger partial charge in [0.15, 0.2) is 5.16 Å². The first-order chi connectivity index (χ1) is 11.3. The number of aromatic nitrogens is 2. The SMILES string of the molecule is CCn1c(SCC(=O)NN=Cc2ccco2)nc2ccccc21. The molecule has 0 saturated heterocycles. The number of hydrogen-bond donors (Lipinski definition) is 1. The number of para-hydroxylation sites is 2. The summed E-state index contributed by atoms with van der Waals surface area (Å²) in [5.74, 6) is 0.650. The first-order valence-electron chi connectivity index (χ1n) is 7.21. The Labute approximate surface area is 137 Å². The number of furan rings is 1. The van der Waals surface area contributed by atoms with Gasteiger partial charge in [0, 0.05) is 6.54 Å². The van der Waals surface area contributed by atoms with Crippen LogP contribution in [0.2, 0.25) is 0 Å². The average molecular weight is 328 g/mol. The number of nitrogens with one attached hydrogen (secondary N) is 1. The number of hydrogen-bond acceptors (Lipinski definition) is 5. The number of aryl methyl sites for hydroxylation is 1. The van der Waals surface area contributed by atoms with Gasteiger partial charge in [-0.2, -0.15) is 5.10 Å². The molecule has 1 aromatic carbocycles. The molecule has 3 rings (SSSR count). The van der Waals surface area contributed by atoms with Crippen molar-refractivity contribution in [3.05, 3.63) is 48.4 Å². The molecule has 0 bridgehead atoms. The molecule has 23 heavy (non-hydrogen) atoms. The normalized spacial score (nSPS) is 11.3. The Bertz CT molecular complexity index is 824. The third kappa shape index (κ3) is 3.62. The Morgan fingerprint density at radius 3 is 3.04 bits per heavy atom. The van der Waals surface area contributed by atoms with E-state index in [1.165, 1.54) is 18.0 Å². The zero-order chi connectivity index (χ0) is 16.1. The maximum atomic E-state index is 11.8. The van der Waals surface area contributed by atoms with E-state index in [2.05, 4.69) is 27.0 Å². The molecule has 0 aliphatic rings. The molecule has 1 amide bonds. The number of hydrazone groups is 1. The van der Waals surface area contributed by atoms with Crippen LogP contribution in [0.5, 0.6) is 0 Å². The lowest BCUT2D eigenvalue weighted by molar-refractivity contribution is -0.118. The van der Waals surface area contributed by atoms with Gasteiger partial charge in [-0.3, -0.25) is 4.79 Å². The summed E-state index contributed by atoms with van der Waals surface area (Å²) in [4.78, 5) is 16.4. The molecule has 7 heteroatoms. The fraction of sp³-hybridized carbons (Fsp3) is 0.188. The molecule has 118 valence electrons. The Morgan fingerprint density at radius 2 is 2.26 bits per heavy atom. The molecule has 0 spiro atoms. The number of thioether (sulfide) groups is 1. The molecule has 0 radical (unpaired) electrons. The molecule has 0 saturated carbocycles. The van der Waals surface area contributed by atoms with Gasteiger partial charge in [0.2, 0.25) is 0 Å². The Balaban J connectivity index is 1.60. The van der Waals surface area contributed by atoms with E-state index >= 15 is 0 Å². The molecule has 0 fully saturated rings. The van der Waals surface area contributed by atoms with Crippen molar-refractivity contribution in [3.63, 3.8) is 0 Å². The van der Waals surface area contributed by atoms with E-state index in [0.29, 0.717) is 5.76 Å². The largest absolute Gasteiger partial charge is 0.463 e. The summed E-state index contributed by atoms with van der Waals surface area (Å²) in [5, 5.41) is 4.68. The van der Waals surface area contributed by atoms with E-state index in [0.717, 1.165) is 22.7 Å². The van der Waals surface area contributed by atoms with Gasteiger partial charge in [0.05, 0.1) is 29.3 Å². The fourth-order valence-corrected chi connectivity index (χ4v) is 3.04. The van der Waals surface area contributed by atoms with Crippen LogP contribution in [0.3, 0.4) is 0 Å². The molecule has 0 unspecified atom stereocenters. The van der Waals surface area contributed by atoms with Crippen LogP contribution in [0, 0.1) is 0 Å². The molecule has 1 N–H and O–H groups in total. The second-order valence-corrected chi connectivity index (χ2v) is 5.67. The molecule has 0 aliphatic carbocycles. The van der Waals surface area contributed by atoms with Crippen LogP contribution >= 0.6 is 11.8 Å². The monoisotopic (exact) mass is 328 g/mol. The van der Waals surface area contributed by atoms with Crippen LogP contribution in [0.25, 0.3) is 11.0 Å². The van der Waals surface area contributed by atoms with Crippen LogP contribution in [-0.4, -0.2) is 27.4 Å². The Kier molecular flexibility index (Phi) is 4.77. The number of nitrogens with zero attached hydrogens (tertiary/aromatic N) is 3. The summed E-state index contributed by atoms with van der Waals surface area (Å²) < 4.78 is 7.19. The molecular formula is C16H16N4O2S. The minimum absolute atomic E-state index is 0.187. The first-order valence-corrected chi connectivity index (χ1v) is 8.20. The molecule has 2 heterocycles. The summed E-state index contributed by atoms with van der Waals surface area (Å²) in [6.45, 7) is 2.87. The third-order valence-corrected chi connectivity index (χ3v) is 4.17. The highest BCUT2D eigenvalue weighted by Crippen LogP contribution is 2.23. The van der Waals surface area contributed by atoms with Crippen molar-refractivity contribution in [1.82, 2.24) is 15.0 Å². The minimum Gasteiger partial charge on any atom is -0.463 e. The second kappa shape index (κ2) is 7.15. The number of carbonyl (C=O) groups excluding carboxylic acids is 1. The molecule has 0 atom stereocenters. The predicted molar refractivity (Wildman–Crippen MR) is 90.6 cm³/mol. The lowest BCUT2D eigenvalue weighted by Crippen LogP contribution is -2.19. The van der Waals surface area contributed by atoms with Gasteiger partial charge in [-0.05, 0) is 31.2 Å². The second-order valence-electron chi connectivity index (χ2n) is 4.72. The number of imidazole rings is 1. The van der Waals surface area contributed by atoms with E-state index in [1.807, 2.05) is 24.3 Å². The Hall–Kier alpha value is -2.54. The Morgan fingerprint density at radius 1 is 1.39 bits per heavy atom. The number of carbonyl (C=O) groups is 1. The summed E-state index contributed by atoms with van der Waals surface area (Å²) in [5.41, 5.74) is 4.49. The van der Waals surface area contributed by atoms with Gasteiger partial charge < -0.3 is 8.98 Å². The fourth-order valence-electron chi connectivity index (χ4n) is 2.16. The van der Waals surface area contributed by atoms with Crippen LogP contribution in [0.4, 0.5) is 0 Å². The number of benzene rings is 1. The smallest absolute Gasteiger partial charge is 0.250 e. The molecular weight excluding hydrogens is 312 g/mol. The summed E-state index contributed by atoms with van der Waals surface area (Å²) >= 11 is 1.40. The van der Waals surface area contributed by atoms with Crippen LogP contribution in [-0.2, 0) is 11.3 Å². The van der Waals surface area contributed by atoms with Gasteiger partial charge in [0.1, 0.15) is 5.76 Å². The lowest BCUT2D eigenvalue weighted by atomic mass is 10.3. The maximum Gasteiger partial charge on any atom is 0.250 e. The molecule has 0 aliphatic heterocycles. The van der Waals surface area contributed by atoms with Crippen LogP contribution in [0.1, 0.15) is 12.7 Å². The van der Waals surface area contributed by atoms with Gasteiger partial charge in [-0.15, -0.1) is 0 Å². The highest BCUT2D eigenvalue weighted by molar-refractivity contribution is 7.99. The van der Waals surface area contributed by atoms with Crippen molar-refractivity contribution in [3.8, 4) is 0 Å². The van der Waals surface area contributed by atoms with Crippen molar-refractivity contribution in [2.24, 2.45) is 5.10 Å². The molecule has 6 nitrogen and oxygen atoms in total. The van der Waals surface area contributed by atoms with Gasteiger partial charge in [-0.25, -0.2) is 10.4 Å². The number of fused-ring (bicyclic) bond motifs is 1. The van der Waals surface area contributed by atoms with E-state index in [1.54, 1.807) is 18.4 Å². The maximum absolute atomic E-state index is 11.8. The topological polar surface area (TPSA) is 72.4 Å². The van der Waals surface area contributed by atoms with Crippen molar-refractivity contribution in [1.29, 1.82) is 0 Å². The standard InChI is InChI=1S/C16H16N4O2S/c1-2-20-14-8-4-3-7-13(14)18-16(20)23-11-15(21)19-17-10-12-6-5-9-22-12/h3-10H,2,11H2,1H3,(H,19,21). The third-order valence-electron chi connectivity index (χ3n) is 3.19. The van der Waals surface area contributed by atoms with Crippen molar-refractivity contribution in [2.75, 3.05) is 5.75 Å². The number of amides is 1. The van der Waals surface area contributed by atoms with E-state index in [9.17, 15) is 4.79 Å². The summed E-state index contributed by atoms with van der Waals surface area (Å²) in [6, 6.07) is 11.5. The van der Waals surface area contributed by atoms with Crippen molar-refractivity contribution < 1.29 is 9.21 Å². The first kappa shape index (κ1) is 15.4. The summed E-state index contributed by atoms with van der Waals surface area (Å²) in [7, 11) is 0. The highest BCUT2D eigenvalue weighted by atomic mass is 32.2. The van der Waals surface area contributed by atoms with Crippen LogP contribution < -0.4 is 5.43 Å². The quantitative estimate of drug-likeness (QED) is 0.429. The average Bonchev–Trinajstić information content (AvgIpc) is 3.19. The molecule has 3 aromatic rings. The summed E-state index contributed by atoms with van der Waals surface area (Å²) in [6.07, 6.45) is 3.01. The predicted octanol–water partition coefficient (Wildman–Crippen LogP) is 2.89. The van der Waals surface area contributed by atoms with Gasteiger partial charge >= 0.3 is 0 Å². The van der Waals surface area contributed by atoms with E-state index in [4.69, 9.17) is 4.42 Å². The van der Waals surface area contributed by atoms with E-state index in [-0.39, 0.29) is 11.7 Å². The van der Waals surface area contributed by atoms with Crippen molar-refractivity contribution in [2.45, 2.75) is 18.6 Å². The van der Waals surface area contributed by atoms with Crippen LogP contribution in [0.15, 0.2) is 57.3 Å². The lowest BCUT2D eigenvalue weighted by Gasteiger charge is -2.04. The number of rotatable bonds is 6. The molecule has 2 aromatic heterocycles.